The number of benzene rings is 1. The first-order valence-corrected chi connectivity index (χ1v) is 7.58. The Morgan fingerprint density at radius 1 is 1.26 bits per heavy atom. The zero-order valence-electron chi connectivity index (χ0n) is 13.9. The highest BCUT2D eigenvalue weighted by molar-refractivity contribution is 5.85. The van der Waals surface area contributed by atoms with Gasteiger partial charge < -0.3 is 25.0 Å². The third kappa shape index (κ3) is 5.48. The highest BCUT2D eigenvalue weighted by atomic mass is 35.5. The molecule has 0 bridgehead atoms. The van der Waals surface area contributed by atoms with Gasteiger partial charge in [-0.05, 0) is 19.9 Å². The van der Waals surface area contributed by atoms with E-state index >= 15 is 0 Å². The monoisotopic (exact) mass is 343 g/mol. The molecule has 1 heterocycles. The number of hydrogen-bond donors (Lipinski definition) is 2. The molecule has 1 saturated heterocycles. The third-order valence-electron chi connectivity index (χ3n) is 3.82. The Labute approximate surface area is 143 Å². The van der Waals surface area contributed by atoms with E-state index in [-0.39, 0.29) is 24.4 Å². The van der Waals surface area contributed by atoms with Crippen LogP contribution < -0.4 is 20.1 Å². The molecule has 1 amide bonds. The van der Waals surface area contributed by atoms with Crippen LogP contribution in [0, 0.1) is 0 Å². The van der Waals surface area contributed by atoms with Crippen molar-refractivity contribution in [3.8, 4) is 11.5 Å². The van der Waals surface area contributed by atoms with Crippen molar-refractivity contribution in [1.29, 1.82) is 0 Å². The van der Waals surface area contributed by atoms with Crippen LogP contribution in [0.4, 0.5) is 5.69 Å². The van der Waals surface area contributed by atoms with Crippen molar-refractivity contribution in [3.05, 3.63) is 18.2 Å². The number of halogens is 1. The van der Waals surface area contributed by atoms with Gasteiger partial charge in [0.25, 0.3) is 0 Å². The van der Waals surface area contributed by atoms with Gasteiger partial charge in [-0.15, -0.1) is 12.4 Å². The van der Waals surface area contributed by atoms with E-state index in [0.717, 1.165) is 43.1 Å². The van der Waals surface area contributed by atoms with Crippen molar-refractivity contribution in [2.45, 2.75) is 18.9 Å². The molecule has 23 heavy (non-hydrogen) atoms. The number of nitrogens with one attached hydrogen (secondary N) is 2. The number of methoxy groups -OCH3 is 2. The molecule has 6 nitrogen and oxygen atoms in total. The molecule has 0 aromatic heterocycles. The minimum Gasteiger partial charge on any atom is -0.497 e. The minimum atomic E-state index is 0. The van der Waals surface area contributed by atoms with Crippen LogP contribution in [-0.4, -0.2) is 57.8 Å². The Morgan fingerprint density at radius 3 is 2.48 bits per heavy atom. The molecule has 1 atom stereocenters. The molecule has 1 aromatic carbocycles. The van der Waals surface area contributed by atoms with Gasteiger partial charge in [-0.3, -0.25) is 4.79 Å². The number of likely N-dealkylation sites (N-methyl/N-ethyl adjacent to an activating group) is 1. The predicted molar refractivity (Wildman–Crippen MR) is 93.9 cm³/mol. The number of nitrogens with zero attached hydrogens (tertiary/aromatic N) is 1. The minimum absolute atomic E-state index is 0. The largest absolute Gasteiger partial charge is 0.497 e. The van der Waals surface area contributed by atoms with E-state index in [1.54, 1.807) is 21.3 Å². The van der Waals surface area contributed by atoms with Gasteiger partial charge in [0.2, 0.25) is 5.91 Å². The summed E-state index contributed by atoms with van der Waals surface area (Å²) in [6, 6.07) is 5.97. The molecular formula is C16H26ClN3O3. The van der Waals surface area contributed by atoms with Gasteiger partial charge in [0.05, 0.1) is 20.8 Å². The fourth-order valence-corrected chi connectivity index (χ4v) is 2.71. The topological polar surface area (TPSA) is 62.8 Å². The highest BCUT2D eigenvalue weighted by Crippen LogP contribution is 2.27. The number of rotatable bonds is 6. The molecule has 0 spiro atoms. The van der Waals surface area contributed by atoms with Gasteiger partial charge in [0, 0.05) is 43.0 Å². The zero-order chi connectivity index (χ0) is 15.9. The summed E-state index contributed by atoms with van der Waals surface area (Å²) in [5, 5.41) is 6.40. The molecular weight excluding hydrogens is 318 g/mol. The first-order chi connectivity index (χ1) is 10.7. The lowest BCUT2D eigenvalue weighted by Gasteiger charge is -2.33. The van der Waals surface area contributed by atoms with Gasteiger partial charge in [-0.25, -0.2) is 0 Å². The van der Waals surface area contributed by atoms with Gasteiger partial charge in [-0.1, -0.05) is 0 Å². The summed E-state index contributed by atoms with van der Waals surface area (Å²) in [4.78, 5) is 13.9. The molecule has 2 N–H and O–H groups in total. The normalized spacial score (nSPS) is 17.2. The number of piperidine rings is 1. The van der Waals surface area contributed by atoms with E-state index in [4.69, 9.17) is 9.47 Å². The van der Waals surface area contributed by atoms with Crippen molar-refractivity contribution in [2.24, 2.45) is 0 Å². The lowest BCUT2D eigenvalue weighted by Crippen LogP contribution is -2.47. The summed E-state index contributed by atoms with van der Waals surface area (Å²) in [5.41, 5.74) is 0.948. The Hall–Kier alpha value is -1.66. The average Bonchev–Trinajstić information content (AvgIpc) is 2.55. The molecule has 1 aromatic rings. The molecule has 0 aliphatic carbocycles. The second kappa shape index (κ2) is 9.47. The van der Waals surface area contributed by atoms with Crippen molar-refractivity contribution in [2.75, 3.05) is 46.2 Å². The maximum Gasteiger partial charge on any atom is 0.236 e. The lowest BCUT2D eigenvalue weighted by molar-refractivity contribution is -0.131. The van der Waals surface area contributed by atoms with Gasteiger partial charge in [0.15, 0.2) is 0 Å². The van der Waals surface area contributed by atoms with E-state index in [0.29, 0.717) is 6.54 Å². The van der Waals surface area contributed by atoms with Crippen LogP contribution in [0.1, 0.15) is 12.8 Å². The Morgan fingerprint density at radius 2 is 1.91 bits per heavy atom. The Kier molecular flexibility index (Phi) is 7.98. The molecule has 130 valence electrons. The third-order valence-corrected chi connectivity index (χ3v) is 3.82. The molecule has 1 aliphatic heterocycles. The van der Waals surface area contributed by atoms with Crippen LogP contribution in [0.25, 0.3) is 0 Å². The highest BCUT2D eigenvalue weighted by Gasteiger charge is 2.23. The summed E-state index contributed by atoms with van der Waals surface area (Å²) in [7, 11) is 5.06. The fraction of sp³-hybridized carbons (Fsp3) is 0.562. The fourth-order valence-electron chi connectivity index (χ4n) is 2.71. The number of carbonyl (C=O) groups is 1. The molecule has 1 fully saturated rings. The number of amides is 1. The van der Waals surface area contributed by atoms with Crippen LogP contribution in [0.3, 0.4) is 0 Å². The second-order valence-electron chi connectivity index (χ2n) is 5.45. The van der Waals surface area contributed by atoms with E-state index in [1.165, 1.54) is 0 Å². The number of carbonyl (C=O) groups excluding carboxylic acids is 1. The number of hydrogen-bond acceptors (Lipinski definition) is 5. The average molecular weight is 344 g/mol. The summed E-state index contributed by atoms with van der Waals surface area (Å²) >= 11 is 0. The molecule has 0 radical (unpaired) electrons. The van der Waals surface area contributed by atoms with Crippen LogP contribution in [0.15, 0.2) is 18.2 Å². The summed E-state index contributed by atoms with van der Waals surface area (Å²) in [5.74, 6) is 1.65. The molecule has 1 aliphatic rings. The van der Waals surface area contributed by atoms with Crippen LogP contribution >= 0.6 is 12.4 Å². The maximum atomic E-state index is 12.0. The van der Waals surface area contributed by atoms with Crippen LogP contribution in [0.5, 0.6) is 11.5 Å². The standard InChI is InChI=1S/C16H25N3O3.ClH/c1-17-10-16(20)19-6-4-5-12(11-19)18-13-7-14(21-2)9-15(8-13)22-3;/h7-9,12,17-18H,4-6,10-11H2,1-3H3;1H. The second-order valence-corrected chi connectivity index (χ2v) is 5.45. The molecule has 2 rings (SSSR count). The number of likely N-dealkylation sites (tertiary alicyclic amines) is 1. The molecule has 0 saturated carbocycles. The molecule has 7 heteroatoms. The van der Waals surface area contributed by atoms with Gasteiger partial charge >= 0.3 is 0 Å². The first-order valence-electron chi connectivity index (χ1n) is 7.58. The molecule has 1 unspecified atom stereocenters. The number of anilines is 1. The predicted octanol–water partition coefficient (Wildman–Crippen LogP) is 1.75. The van der Waals surface area contributed by atoms with E-state index < -0.39 is 0 Å². The van der Waals surface area contributed by atoms with Crippen molar-refractivity contribution < 1.29 is 14.3 Å². The number of ether oxygens (including phenoxy) is 2. The Balaban J connectivity index is 0.00000264. The quantitative estimate of drug-likeness (QED) is 0.824. The van der Waals surface area contributed by atoms with Crippen molar-refractivity contribution >= 4 is 24.0 Å². The maximum absolute atomic E-state index is 12.0. The van der Waals surface area contributed by atoms with Crippen molar-refractivity contribution in [1.82, 2.24) is 10.2 Å². The summed E-state index contributed by atoms with van der Waals surface area (Å²) < 4.78 is 10.6. The lowest BCUT2D eigenvalue weighted by atomic mass is 10.0. The van der Waals surface area contributed by atoms with Gasteiger partial charge in [-0.2, -0.15) is 0 Å². The van der Waals surface area contributed by atoms with Crippen LogP contribution in [-0.2, 0) is 4.79 Å². The summed E-state index contributed by atoms with van der Waals surface area (Å²) in [6.07, 6.45) is 2.05. The Bertz CT molecular complexity index is 491. The van der Waals surface area contributed by atoms with Crippen LogP contribution in [0.2, 0.25) is 0 Å². The van der Waals surface area contributed by atoms with E-state index in [9.17, 15) is 4.79 Å². The smallest absolute Gasteiger partial charge is 0.236 e. The SMILES string of the molecule is CNCC(=O)N1CCCC(Nc2cc(OC)cc(OC)c2)C1.Cl. The van der Waals surface area contributed by atoms with E-state index in [2.05, 4.69) is 10.6 Å². The first kappa shape index (κ1) is 19.4. The van der Waals surface area contributed by atoms with E-state index in [1.807, 2.05) is 23.1 Å². The summed E-state index contributed by atoms with van der Waals surface area (Å²) in [6.45, 7) is 1.94. The van der Waals surface area contributed by atoms with Crippen molar-refractivity contribution in [3.63, 3.8) is 0 Å². The van der Waals surface area contributed by atoms with Gasteiger partial charge in [0.1, 0.15) is 11.5 Å². The zero-order valence-corrected chi connectivity index (χ0v) is 14.7.